The smallest absolute Gasteiger partial charge is 0.293 e. The van der Waals surface area contributed by atoms with E-state index in [1.165, 1.54) is 17.0 Å². The minimum Gasteiger partial charge on any atom is -0.508 e. The Morgan fingerprint density at radius 3 is 2.52 bits per heavy atom. The van der Waals surface area contributed by atoms with E-state index in [0.29, 0.717) is 17.0 Å². The van der Waals surface area contributed by atoms with Crippen LogP contribution in [0, 0.1) is 0 Å². The number of carbonyl (C=O) groups excluding carboxylic acids is 3. The van der Waals surface area contributed by atoms with E-state index in [1.807, 2.05) is 36.4 Å². The lowest BCUT2D eigenvalue weighted by atomic mass is 10.2. The first-order chi connectivity index (χ1) is 14.0. The molecule has 1 fully saturated rings. The van der Waals surface area contributed by atoms with Crippen LogP contribution < -0.4 is 5.32 Å². The van der Waals surface area contributed by atoms with Gasteiger partial charge in [-0.3, -0.25) is 19.3 Å². The van der Waals surface area contributed by atoms with Crippen molar-refractivity contribution in [2.75, 3.05) is 11.9 Å². The lowest BCUT2D eigenvalue weighted by Gasteiger charge is -2.12. The van der Waals surface area contributed by atoms with Crippen molar-refractivity contribution in [3.63, 3.8) is 0 Å². The van der Waals surface area contributed by atoms with Crippen LogP contribution in [0.15, 0.2) is 71.7 Å². The highest BCUT2D eigenvalue weighted by Gasteiger charge is 2.34. The maximum atomic E-state index is 12.4. The summed E-state index contributed by atoms with van der Waals surface area (Å²) in [5, 5.41) is 11.6. The topological polar surface area (TPSA) is 86.7 Å². The van der Waals surface area contributed by atoms with Crippen molar-refractivity contribution in [3.05, 3.63) is 77.2 Å². The zero-order chi connectivity index (χ0) is 20.6. The van der Waals surface area contributed by atoms with Crippen LogP contribution in [0.3, 0.4) is 0 Å². The predicted octanol–water partition coefficient (Wildman–Crippen LogP) is 4.40. The van der Waals surface area contributed by atoms with Crippen molar-refractivity contribution in [2.45, 2.75) is 12.8 Å². The van der Waals surface area contributed by atoms with Gasteiger partial charge in [0.2, 0.25) is 5.91 Å². The van der Waals surface area contributed by atoms with Crippen LogP contribution in [0.4, 0.5) is 10.5 Å². The Kier molecular flexibility index (Phi) is 6.86. The highest BCUT2D eigenvalue weighted by atomic mass is 32.2. The number of hydrogen-bond donors (Lipinski definition) is 2. The first-order valence-corrected chi connectivity index (χ1v) is 9.90. The van der Waals surface area contributed by atoms with Crippen molar-refractivity contribution in [2.24, 2.45) is 0 Å². The average Bonchev–Trinajstić information content (AvgIpc) is 2.98. The van der Waals surface area contributed by atoms with Crippen molar-refractivity contribution >= 4 is 40.6 Å². The molecular formula is C22H20N2O4S. The largest absolute Gasteiger partial charge is 0.508 e. The molecule has 0 atom stereocenters. The van der Waals surface area contributed by atoms with Gasteiger partial charge in [0.05, 0.1) is 4.91 Å². The average molecular weight is 408 g/mol. The van der Waals surface area contributed by atoms with Gasteiger partial charge in [-0.25, -0.2) is 0 Å². The molecule has 2 aromatic carbocycles. The second-order valence-electron chi connectivity index (χ2n) is 6.32. The third-order valence-electron chi connectivity index (χ3n) is 4.15. The number of phenols is 1. The van der Waals surface area contributed by atoms with Gasteiger partial charge in [0.25, 0.3) is 11.1 Å². The van der Waals surface area contributed by atoms with Crippen LogP contribution in [-0.4, -0.2) is 33.6 Å². The standard InChI is InChI=1S/C22H20N2O4S/c25-18-13-11-17(12-14-18)23-20(26)10-5-15-24-21(27)19(29-22(24)28)9-4-8-16-6-2-1-3-7-16/h1-4,6-9,11-14,25H,5,10,15H2,(H,23,26)/b8-4+,19-9-. The van der Waals surface area contributed by atoms with E-state index < -0.39 is 0 Å². The van der Waals surface area contributed by atoms with Crippen molar-refractivity contribution in [3.8, 4) is 5.75 Å². The molecular weight excluding hydrogens is 388 g/mol. The van der Waals surface area contributed by atoms with Gasteiger partial charge in [-0.1, -0.05) is 42.5 Å². The minimum absolute atomic E-state index is 0.119. The molecule has 2 N–H and O–H groups in total. The summed E-state index contributed by atoms with van der Waals surface area (Å²) in [4.78, 5) is 38.0. The number of thioether (sulfide) groups is 1. The number of imide groups is 1. The van der Waals surface area contributed by atoms with Crippen LogP contribution in [0.1, 0.15) is 18.4 Å². The van der Waals surface area contributed by atoms with Gasteiger partial charge >= 0.3 is 0 Å². The molecule has 0 spiro atoms. The van der Waals surface area contributed by atoms with Crippen LogP contribution in [0.2, 0.25) is 0 Å². The van der Waals surface area contributed by atoms with Gasteiger partial charge in [-0.15, -0.1) is 0 Å². The molecule has 1 saturated heterocycles. The maximum absolute atomic E-state index is 12.4. The molecule has 6 nitrogen and oxygen atoms in total. The summed E-state index contributed by atoms with van der Waals surface area (Å²) < 4.78 is 0. The van der Waals surface area contributed by atoms with Crippen LogP contribution >= 0.6 is 11.8 Å². The number of hydrogen-bond acceptors (Lipinski definition) is 5. The second kappa shape index (κ2) is 9.75. The first-order valence-electron chi connectivity index (χ1n) is 9.09. The summed E-state index contributed by atoms with van der Waals surface area (Å²) in [7, 11) is 0. The van der Waals surface area contributed by atoms with E-state index in [2.05, 4.69) is 5.32 Å². The molecule has 0 aromatic heterocycles. The van der Waals surface area contributed by atoms with Crippen molar-refractivity contribution in [1.82, 2.24) is 4.90 Å². The molecule has 0 unspecified atom stereocenters. The molecule has 1 aliphatic heterocycles. The third kappa shape index (κ3) is 5.83. The Morgan fingerprint density at radius 2 is 1.79 bits per heavy atom. The first kappa shape index (κ1) is 20.4. The number of carbonyl (C=O) groups is 3. The van der Waals surface area contributed by atoms with Gasteiger partial charge in [0.1, 0.15) is 5.75 Å². The molecule has 1 heterocycles. The van der Waals surface area contributed by atoms with E-state index >= 15 is 0 Å². The van der Waals surface area contributed by atoms with E-state index in [-0.39, 0.29) is 35.8 Å². The summed E-state index contributed by atoms with van der Waals surface area (Å²) >= 11 is 0.903. The summed E-state index contributed by atoms with van der Waals surface area (Å²) in [5.41, 5.74) is 1.58. The van der Waals surface area contributed by atoms with E-state index in [9.17, 15) is 19.5 Å². The highest BCUT2D eigenvalue weighted by molar-refractivity contribution is 8.18. The number of phenolic OH excluding ortho intramolecular Hbond substituents is 1. The monoisotopic (exact) mass is 408 g/mol. The number of nitrogens with zero attached hydrogens (tertiary/aromatic N) is 1. The summed E-state index contributed by atoms with van der Waals surface area (Å²) in [6, 6.07) is 15.8. The second-order valence-corrected chi connectivity index (χ2v) is 7.32. The molecule has 7 heteroatoms. The lowest BCUT2D eigenvalue weighted by Crippen LogP contribution is -2.29. The minimum atomic E-state index is -0.336. The Labute approximate surface area is 172 Å². The molecule has 2 aromatic rings. The molecule has 148 valence electrons. The van der Waals surface area contributed by atoms with E-state index in [0.717, 1.165) is 17.3 Å². The fourth-order valence-electron chi connectivity index (χ4n) is 2.68. The summed E-state index contributed by atoms with van der Waals surface area (Å²) in [6.45, 7) is 0.188. The molecule has 3 amide bonds. The number of nitrogens with one attached hydrogen (secondary N) is 1. The lowest BCUT2D eigenvalue weighted by molar-refractivity contribution is -0.123. The fraction of sp³-hybridized carbons (Fsp3) is 0.136. The Balaban J connectivity index is 1.48. The Bertz CT molecular complexity index is 953. The zero-order valence-corrected chi connectivity index (χ0v) is 16.4. The van der Waals surface area contributed by atoms with E-state index in [1.54, 1.807) is 24.3 Å². The van der Waals surface area contributed by atoms with Gasteiger partial charge in [0.15, 0.2) is 0 Å². The number of allylic oxidation sites excluding steroid dienone is 2. The van der Waals surface area contributed by atoms with Crippen LogP contribution in [0.5, 0.6) is 5.75 Å². The molecule has 29 heavy (non-hydrogen) atoms. The fourth-order valence-corrected chi connectivity index (χ4v) is 3.50. The Hall–Kier alpha value is -3.32. The number of aromatic hydroxyl groups is 1. The normalized spacial score (nSPS) is 15.4. The summed E-state index contributed by atoms with van der Waals surface area (Å²) in [5.74, 6) is -0.435. The quantitative estimate of drug-likeness (QED) is 0.524. The SMILES string of the molecule is O=C(CCCN1C(=O)S/C(=C\C=C\c2ccccc2)C1=O)Nc1ccc(O)cc1. The number of rotatable bonds is 7. The van der Waals surface area contributed by atoms with Crippen LogP contribution in [-0.2, 0) is 9.59 Å². The molecule has 0 aliphatic carbocycles. The number of anilines is 1. The van der Waals surface area contributed by atoms with Crippen molar-refractivity contribution < 1.29 is 19.5 Å². The van der Waals surface area contributed by atoms with Crippen molar-refractivity contribution in [1.29, 1.82) is 0 Å². The zero-order valence-electron chi connectivity index (χ0n) is 15.6. The number of amides is 3. The molecule has 1 aliphatic rings. The van der Waals surface area contributed by atoms with E-state index in [4.69, 9.17) is 0 Å². The van der Waals surface area contributed by atoms with Crippen LogP contribution in [0.25, 0.3) is 6.08 Å². The summed E-state index contributed by atoms with van der Waals surface area (Å²) in [6.07, 6.45) is 5.79. The highest BCUT2D eigenvalue weighted by Crippen LogP contribution is 2.30. The number of benzene rings is 2. The molecule has 0 saturated carbocycles. The van der Waals surface area contributed by atoms with Gasteiger partial charge in [0, 0.05) is 18.7 Å². The van der Waals surface area contributed by atoms with Gasteiger partial charge in [-0.05, 0) is 54.1 Å². The molecule has 0 radical (unpaired) electrons. The molecule has 3 rings (SSSR count). The van der Waals surface area contributed by atoms with Gasteiger partial charge < -0.3 is 10.4 Å². The third-order valence-corrected chi connectivity index (χ3v) is 5.07. The maximum Gasteiger partial charge on any atom is 0.293 e. The Morgan fingerprint density at radius 1 is 1.07 bits per heavy atom. The van der Waals surface area contributed by atoms with Gasteiger partial charge in [-0.2, -0.15) is 0 Å². The predicted molar refractivity (Wildman–Crippen MR) is 114 cm³/mol. The molecule has 0 bridgehead atoms.